The highest BCUT2D eigenvalue weighted by atomic mass is 32.3. The predicted octanol–water partition coefficient (Wildman–Crippen LogP) is -0.486. The standard InChI is InChI=1S/C7H10N2O6S3/c1-17(12,13)4-18(14,15)9-7-8-5(3-16-7)2-6(10)11/h3H,2,4H2,1H3,(H,8,9)(H,10,11). The molecule has 0 aliphatic heterocycles. The highest BCUT2D eigenvalue weighted by Gasteiger charge is 2.19. The fourth-order valence-electron chi connectivity index (χ4n) is 1.03. The lowest BCUT2D eigenvalue weighted by Crippen LogP contribution is -2.22. The van der Waals surface area contributed by atoms with E-state index in [-0.39, 0.29) is 17.2 Å². The summed E-state index contributed by atoms with van der Waals surface area (Å²) in [5.41, 5.74) is 0.199. The number of carboxylic acid groups (broad SMARTS) is 1. The van der Waals surface area contributed by atoms with Gasteiger partial charge in [-0.1, -0.05) is 0 Å². The van der Waals surface area contributed by atoms with Crippen LogP contribution in [0.2, 0.25) is 0 Å². The molecule has 8 nitrogen and oxygen atoms in total. The number of hydrogen-bond donors (Lipinski definition) is 2. The maximum Gasteiger partial charge on any atom is 0.309 e. The second-order valence-corrected chi connectivity index (χ2v) is 8.56. The number of sulfone groups is 1. The van der Waals surface area contributed by atoms with Gasteiger partial charge in [-0.3, -0.25) is 9.52 Å². The summed E-state index contributed by atoms with van der Waals surface area (Å²) in [6.45, 7) is 0. The van der Waals surface area contributed by atoms with Crippen molar-refractivity contribution < 1.29 is 26.7 Å². The van der Waals surface area contributed by atoms with Crippen LogP contribution in [-0.2, 0) is 31.1 Å². The number of nitrogens with one attached hydrogen (secondary N) is 1. The second kappa shape index (κ2) is 5.20. The molecular formula is C7H10N2O6S3. The van der Waals surface area contributed by atoms with Gasteiger partial charge in [0.2, 0.25) is 10.0 Å². The van der Waals surface area contributed by atoms with Crippen molar-refractivity contribution in [3.8, 4) is 0 Å². The first-order chi connectivity index (χ1) is 8.07. The topological polar surface area (TPSA) is 130 Å². The lowest BCUT2D eigenvalue weighted by atomic mass is 10.3. The molecular weight excluding hydrogens is 304 g/mol. The molecule has 0 aliphatic rings. The van der Waals surface area contributed by atoms with Crippen molar-refractivity contribution >= 4 is 42.3 Å². The van der Waals surface area contributed by atoms with Crippen LogP contribution in [0.5, 0.6) is 0 Å². The van der Waals surface area contributed by atoms with Crippen LogP contribution in [0.1, 0.15) is 5.69 Å². The zero-order valence-corrected chi connectivity index (χ0v) is 11.6. The Kier molecular flexibility index (Phi) is 4.29. The average molecular weight is 314 g/mol. The van der Waals surface area contributed by atoms with Crippen LogP contribution in [0, 0.1) is 0 Å². The third-order valence-corrected chi connectivity index (χ3v) is 5.89. The summed E-state index contributed by atoms with van der Waals surface area (Å²) in [5.74, 6) is -1.09. The lowest BCUT2D eigenvalue weighted by molar-refractivity contribution is -0.136. The average Bonchev–Trinajstić information content (AvgIpc) is 2.44. The Hall–Kier alpha value is -1.20. The Labute approximate surface area is 108 Å². The Bertz CT molecular complexity index is 644. The van der Waals surface area contributed by atoms with Crippen LogP contribution >= 0.6 is 11.3 Å². The molecule has 0 aromatic carbocycles. The first kappa shape index (κ1) is 14.9. The molecule has 0 fully saturated rings. The zero-order chi connectivity index (χ0) is 14.0. The van der Waals surface area contributed by atoms with E-state index in [0.29, 0.717) is 0 Å². The largest absolute Gasteiger partial charge is 0.481 e. The van der Waals surface area contributed by atoms with Crippen molar-refractivity contribution in [2.45, 2.75) is 6.42 Å². The third-order valence-electron chi connectivity index (χ3n) is 1.50. The van der Waals surface area contributed by atoms with Crippen molar-refractivity contribution in [2.75, 3.05) is 16.1 Å². The summed E-state index contributed by atoms with van der Waals surface area (Å²) in [5, 5.41) is 8.78. The highest BCUT2D eigenvalue weighted by molar-refractivity contribution is 8.08. The number of thiazole rings is 1. The van der Waals surface area contributed by atoms with Gasteiger partial charge in [0.05, 0.1) is 12.1 Å². The van der Waals surface area contributed by atoms with Crippen LogP contribution < -0.4 is 4.72 Å². The molecule has 1 heterocycles. The van der Waals surface area contributed by atoms with E-state index in [4.69, 9.17) is 5.11 Å². The van der Waals surface area contributed by atoms with Crippen LogP contribution in [-0.4, -0.2) is 44.2 Å². The fourth-order valence-corrected chi connectivity index (χ4v) is 4.96. The van der Waals surface area contributed by atoms with Gasteiger partial charge in [0.1, 0.15) is 0 Å². The minimum Gasteiger partial charge on any atom is -0.481 e. The molecule has 0 atom stereocenters. The van der Waals surface area contributed by atoms with E-state index in [2.05, 4.69) is 4.98 Å². The van der Waals surface area contributed by atoms with Crippen molar-refractivity contribution in [3.63, 3.8) is 0 Å². The summed E-state index contributed by atoms with van der Waals surface area (Å²) >= 11 is 0.885. The van der Waals surface area contributed by atoms with E-state index < -0.39 is 30.9 Å². The monoisotopic (exact) mass is 314 g/mol. The molecule has 102 valence electrons. The number of aromatic nitrogens is 1. The van der Waals surface area contributed by atoms with E-state index in [9.17, 15) is 21.6 Å². The number of carbonyl (C=O) groups is 1. The maximum absolute atomic E-state index is 11.4. The van der Waals surface area contributed by atoms with Crippen molar-refractivity contribution in [3.05, 3.63) is 11.1 Å². The lowest BCUT2D eigenvalue weighted by Gasteiger charge is -2.02. The van der Waals surface area contributed by atoms with E-state index in [1.807, 2.05) is 4.72 Å². The van der Waals surface area contributed by atoms with Crippen molar-refractivity contribution in [1.29, 1.82) is 0 Å². The van der Waals surface area contributed by atoms with Crippen LogP contribution in [0.3, 0.4) is 0 Å². The molecule has 1 aromatic heterocycles. The number of carboxylic acids is 1. The molecule has 0 saturated carbocycles. The smallest absolute Gasteiger partial charge is 0.309 e. The third kappa shape index (κ3) is 5.42. The van der Waals surface area contributed by atoms with Gasteiger partial charge >= 0.3 is 5.97 Å². The van der Waals surface area contributed by atoms with Crippen LogP contribution in [0.15, 0.2) is 5.38 Å². The minimum atomic E-state index is -4.04. The van der Waals surface area contributed by atoms with Gasteiger partial charge in [-0.15, -0.1) is 11.3 Å². The molecule has 11 heteroatoms. The molecule has 0 aliphatic carbocycles. The number of aliphatic carboxylic acids is 1. The number of sulfonamides is 1. The summed E-state index contributed by atoms with van der Waals surface area (Å²) in [7, 11) is -7.73. The van der Waals surface area contributed by atoms with Crippen molar-refractivity contribution in [1.82, 2.24) is 4.98 Å². The van der Waals surface area contributed by atoms with Gasteiger partial charge in [-0.2, -0.15) is 0 Å². The number of rotatable bonds is 6. The quantitative estimate of drug-likeness (QED) is 0.724. The van der Waals surface area contributed by atoms with Gasteiger partial charge in [-0.25, -0.2) is 21.8 Å². The summed E-state index contributed by atoms with van der Waals surface area (Å²) in [4.78, 5) is 14.1. The number of nitrogens with zero attached hydrogens (tertiary/aromatic N) is 1. The van der Waals surface area contributed by atoms with E-state index in [1.165, 1.54) is 5.38 Å². The fraction of sp³-hybridized carbons (Fsp3) is 0.429. The van der Waals surface area contributed by atoms with Crippen LogP contribution in [0.25, 0.3) is 0 Å². The van der Waals surface area contributed by atoms with Crippen LogP contribution in [0.4, 0.5) is 5.13 Å². The Morgan fingerprint density at radius 1 is 1.44 bits per heavy atom. The molecule has 0 saturated heterocycles. The minimum absolute atomic E-state index is 0.0603. The summed E-state index contributed by atoms with van der Waals surface area (Å²) in [6, 6.07) is 0. The number of anilines is 1. The molecule has 1 rings (SSSR count). The molecule has 2 N–H and O–H groups in total. The maximum atomic E-state index is 11.4. The first-order valence-electron chi connectivity index (χ1n) is 4.42. The predicted molar refractivity (Wildman–Crippen MR) is 65.7 cm³/mol. The molecule has 0 unspecified atom stereocenters. The summed E-state index contributed by atoms with van der Waals surface area (Å²) in [6.07, 6.45) is 0.467. The molecule has 1 aromatic rings. The van der Waals surface area contributed by atoms with Gasteiger partial charge in [0.25, 0.3) is 0 Å². The van der Waals surface area contributed by atoms with E-state index >= 15 is 0 Å². The molecule has 0 bridgehead atoms. The normalized spacial score (nSPS) is 12.3. The SMILES string of the molecule is CS(=O)(=O)CS(=O)(=O)Nc1nc(CC(=O)O)cs1. The summed E-state index contributed by atoms with van der Waals surface area (Å²) < 4.78 is 46.5. The van der Waals surface area contributed by atoms with Gasteiger partial charge < -0.3 is 5.11 Å². The highest BCUT2D eigenvalue weighted by Crippen LogP contribution is 2.17. The van der Waals surface area contributed by atoms with Gasteiger partial charge in [0.15, 0.2) is 20.1 Å². The zero-order valence-electron chi connectivity index (χ0n) is 9.15. The van der Waals surface area contributed by atoms with E-state index in [0.717, 1.165) is 17.6 Å². The van der Waals surface area contributed by atoms with E-state index in [1.54, 1.807) is 0 Å². The molecule has 0 amide bonds. The Morgan fingerprint density at radius 2 is 2.06 bits per heavy atom. The first-order valence-corrected chi connectivity index (χ1v) is 9.01. The second-order valence-electron chi connectivity index (χ2n) is 3.47. The van der Waals surface area contributed by atoms with Gasteiger partial charge in [0, 0.05) is 11.6 Å². The van der Waals surface area contributed by atoms with Gasteiger partial charge in [-0.05, 0) is 0 Å². The molecule has 0 spiro atoms. The Morgan fingerprint density at radius 3 is 2.56 bits per heavy atom. The van der Waals surface area contributed by atoms with Crippen molar-refractivity contribution in [2.24, 2.45) is 0 Å². The molecule has 18 heavy (non-hydrogen) atoms. The molecule has 0 radical (unpaired) electrons. The number of hydrogen-bond acceptors (Lipinski definition) is 7. The Balaban J connectivity index is 2.79.